The van der Waals surface area contributed by atoms with Crippen molar-refractivity contribution in [2.45, 2.75) is 25.5 Å². The Hall–Kier alpha value is -2.49. The van der Waals surface area contributed by atoms with Crippen LogP contribution in [0.4, 0.5) is 5.69 Å². The van der Waals surface area contributed by atoms with E-state index in [1.54, 1.807) is 0 Å². The maximum atomic E-state index is 11.5. The zero-order valence-corrected chi connectivity index (χ0v) is 10.6. The lowest BCUT2D eigenvalue weighted by atomic mass is 10.0. The van der Waals surface area contributed by atoms with Crippen LogP contribution in [-0.2, 0) is 16.1 Å². The number of amides is 1. The van der Waals surface area contributed by atoms with Gasteiger partial charge in [0.15, 0.2) is 0 Å². The van der Waals surface area contributed by atoms with Crippen LogP contribution in [-0.4, -0.2) is 48.9 Å². The first-order chi connectivity index (χ1) is 9.19. The number of rotatable bonds is 7. The number of carboxylic acids is 1. The zero-order chi connectivity index (χ0) is 15.3. The van der Waals surface area contributed by atoms with Gasteiger partial charge in [-0.3, -0.25) is 24.4 Å². The smallest absolute Gasteiger partial charge is 0.307 e. The van der Waals surface area contributed by atoms with Gasteiger partial charge in [-0.15, -0.1) is 0 Å². The number of nitrogens with zero attached hydrogens (tertiary/aromatic N) is 3. The van der Waals surface area contributed by atoms with E-state index in [1.807, 2.05) is 0 Å². The van der Waals surface area contributed by atoms with Crippen LogP contribution in [0.2, 0.25) is 0 Å². The van der Waals surface area contributed by atoms with E-state index < -0.39 is 28.8 Å². The van der Waals surface area contributed by atoms with Crippen molar-refractivity contribution in [1.82, 2.24) is 15.1 Å². The summed E-state index contributed by atoms with van der Waals surface area (Å²) in [5, 5.41) is 34.6. The summed E-state index contributed by atoms with van der Waals surface area (Å²) in [5.41, 5.74) is -1.81. The molecule has 0 bridgehead atoms. The molecule has 1 unspecified atom stereocenters. The highest BCUT2D eigenvalue weighted by molar-refractivity contribution is 5.76. The molecule has 10 nitrogen and oxygen atoms in total. The molecule has 1 rings (SSSR count). The van der Waals surface area contributed by atoms with E-state index in [1.165, 1.54) is 6.92 Å². The van der Waals surface area contributed by atoms with Crippen LogP contribution in [0, 0.1) is 10.1 Å². The number of carbonyl (C=O) groups is 2. The van der Waals surface area contributed by atoms with E-state index in [2.05, 4.69) is 10.4 Å². The van der Waals surface area contributed by atoms with Gasteiger partial charge in [0.1, 0.15) is 18.9 Å². The third kappa shape index (κ3) is 5.02. The quantitative estimate of drug-likeness (QED) is 0.436. The molecule has 3 N–H and O–H groups in total. The maximum absolute atomic E-state index is 11.5. The van der Waals surface area contributed by atoms with Crippen LogP contribution >= 0.6 is 0 Å². The molecule has 0 fully saturated rings. The average Bonchev–Trinajstić information content (AvgIpc) is 2.73. The summed E-state index contributed by atoms with van der Waals surface area (Å²) in [6.45, 7) is 0.763. The second-order valence-corrected chi connectivity index (χ2v) is 4.50. The van der Waals surface area contributed by atoms with E-state index in [0.717, 1.165) is 17.1 Å². The lowest BCUT2D eigenvalue weighted by Gasteiger charge is -2.21. The van der Waals surface area contributed by atoms with Crippen molar-refractivity contribution in [3.63, 3.8) is 0 Å². The van der Waals surface area contributed by atoms with E-state index in [0.29, 0.717) is 0 Å². The minimum absolute atomic E-state index is 0.240. The zero-order valence-electron chi connectivity index (χ0n) is 10.6. The summed E-state index contributed by atoms with van der Waals surface area (Å²) in [4.78, 5) is 31.8. The van der Waals surface area contributed by atoms with Crippen LogP contribution in [0.1, 0.15) is 13.3 Å². The fraction of sp³-hybridized carbons (Fsp3) is 0.500. The third-order valence-electron chi connectivity index (χ3n) is 2.33. The number of aliphatic hydroxyl groups is 1. The number of hydrogen-bond donors (Lipinski definition) is 3. The fourth-order valence-corrected chi connectivity index (χ4v) is 1.41. The molecule has 1 amide bonds. The molecule has 20 heavy (non-hydrogen) atoms. The summed E-state index contributed by atoms with van der Waals surface area (Å²) in [6, 6.07) is 0. The van der Waals surface area contributed by atoms with Gasteiger partial charge in [-0.25, -0.2) is 0 Å². The Labute approximate surface area is 113 Å². The number of aliphatic carboxylic acids is 1. The molecule has 1 aromatic heterocycles. The summed E-state index contributed by atoms with van der Waals surface area (Å²) in [6.07, 6.45) is 1.59. The van der Waals surface area contributed by atoms with Crippen molar-refractivity contribution in [1.29, 1.82) is 0 Å². The predicted octanol–water partition coefficient (Wildman–Crippen LogP) is -0.867. The molecule has 0 aromatic carbocycles. The molecule has 0 saturated carbocycles. The van der Waals surface area contributed by atoms with Crippen molar-refractivity contribution in [2.75, 3.05) is 6.54 Å². The molecule has 0 aliphatic carbocycles. The molecule has 0 radical (unpaired) electrons. The third-order valence-corrected chi connectivity index (χ3v) is 2.33. The second kappa shape index (κ2) is 6.10. The van der Waals surface area contributed by atoms with E-state index >= 15 is 0 Å². The normalized spacial score (nSPS) is 13.5. The summed E-state index contributed by atoms with van der Waals surface area (Å²) in [5.74, 6) is -1.74. The SMILES string of the molecule is CC(O)(CNC(=O)Cn1cc([N+](=O)[O-])cn1)CC(=O)O. The Morgan fingerprint density at radius 2 is 2.25 bits per heavy atom. The Bertz CT molecular complexity index is 524. The van der Waals surface area contributed by atoms with Crippen molar-refractivity contribution >= 4 is 17.6 Å². The second-order valence-electron chi connectivity index (χ2n) is 4.50. The van der Waals surface area contributed by atoms with Crippen LogP contribution in [0.3, 0.4) is 0 Å². The number of carbonyl (C=O) groups excluding carboxylic acids is 1. The summed E-state index contributed by atoms with van der Waals surface area (Å²) >= 11 is 0. The number of nitrogens with one attached hydrogen (secondary N) is 1. The number of carboxylic acid groups (broad SMARTS) is 1. The van der Waals surface area contributed by atoms with Gasteiger partial charge < -0.3 is 15.5 Å². The molecule has 110 valence electrons. The van der Waals surface area contributed by atoms with E-state index in [4.69, 9.17) is 5.11 Å². The van der Waals surface area contributed by atoms with Gasteiger partial charge in [0.25, 0.3) is 0 Å². The molecular weight excluding hydrogens is 272 g/mol. The van der Waals surface area contributed by atoms with Gasteiger partial charge in [-0.05, 0) is 6.92 Å². The van der Waals surface area contributed by atoms with Crippen molar-refractivity contribution in [3.8, 4) is 0 Å². The number of hydrogen-bond acceptors (Lipinski definition) is 6. The molecule has 10 heteroatoms. The van der Waals surface area contributed by atoms with Crippen molar-refractivity contribution < 1.29 is 24.7 Å². The van der Waals surface area contributed by atoms with Gasteiger partial charge in [0, 0.05) is 6.54 Å². The van der Waals surface area contributed by atoms with Crippen molar-refractivity contribution in [2.24, 2.45) is 0 Å². The Morgan fingerprint density at radius 3 is 2.75 bits per heavy atom. The topological polar surface area (TPSA) is 148 Å². The highest BCUT2D eigenvalue weighted by Gasteiger charge is 2.24. The van der Waals surface area contributed by atoms with Gasteiger partial charge in [-0.1, -0.05) is 0 Å². The van der Waals surface area contributed by atoms with Crippen LogP contribution in [0.15, 0.2) is 12.4 Å². The lowest BCUT2D eigenvalue weighted by molar-refractivity contribution is -0.385. The average molecular weight is 286 g/mol. The molecule has 1 aromatic rings. The Morgan fingerprint density at radius 1 is 1.60 bits per heavy atom. The summed E-state index contributed by atoms with van der Waals surface area (Å²) in [7, 11) is 0. The molecule has 0 aliphatic heterocycles. The monoisotopic (exact) mass is 286 g/mol. The molecule has 0 aliphatic rings. The van der Waals surface area contributed by atoms with E-state index in [9.17, 15) is 24.8 Å². The Balaban J connectivity index is 2.47. The minimum atomic E-state index is -1.57. The van der Waals surface area contributed by atoms with Crippen LogP contribution in [0.5, 0.6) is 0 Å². The van der Waals surface area contributed by atoms with Crippen LogP contribution < -0.4 is 5.32 Å². The van der Waals surface area contributed by atoms with E-state index in [-0.39, 0.29) is 18.8 Å². The fourth-order valence-electron chi connectivity index (χ4n) is 1.41. The molecule has 0 saturated heterocycles. The highest BCUT2D eigenvalue weighted by Crippen LogP contribution is 2.08. The van der Waals surface area contributed by atoms with Crippen LogP contribution in [0.25, 0.3) is 0 Å². The minimum Gasteiger partial charge on any atom is -0.481 e. The maximum Gasteiger partial charge on any atom is 0.307 e. The predicted molar refractivity (Wildman–Crippen MR) is 64.8 cm³/mol. The molecular formula is C10H14N4O6. The standard InChI is InChI=1S/C10H14N4O6/c1-10(18,2-9(16)17)6-11-8(15)5-13-4-7(3-12-13)14(19)20/h3-4,18H,2,5-6H2,1H3,(H,11,15)(H,16,17). The number of nitro groups is 1. The lowest BCUT2D eigenvalue weighted by Crippen LogP contribution is -2.43. The summed E-state index contributed by atoms with van der Waals surface area (Å²) < 4.78 is 1.07. The molecule has 0 spiro atoms. The Kier molecular flexibility index (Phi) is 4.75. The molecule has 1 atom stereocenters. The van der Waals surface area contributed by atoms with Gasteiger partial charge in [0.05, 0.1) is 16.9 Å². The first kappa shape index (κ1) is 15.6. The van der Waals surface area contributed by atoms with Gasteiger partial charge in [0.2, 0.25) is 5.91 Å². The van der Waals surface area contributed by atoms with Gasteiger partial charge in [-0.2, -0.15) is 5.10 Å². The van der Waals surface area contributed by atoms with Gasteiger partial charge >= 0.3 is 11.7 Å². The van der Waals surface area contributed by atoms with Crippen molar-refractivity contribution in [3.05, 3.63) is 22.5 Å². The first-order valence-electron chi connectivity index (χ1n) is 5.57. The highest BCUT2D eigenvalue weighted by atomic mass is 16.6. The number of aromatic nitrogens is 2. The largest absolute Gasteiger partial charge is 0.481 e. The molecule has 1 heterocycles. The first-order valence-corrected chi connectivity index (χ1v) is 5.57.